The molecule has 0 bridgehead atoms. The monoisotopic (exact) mass is 262 g/mol. The smallest absolute Gasteiger partial charge is 0.0765 e. The highest BCUT2D eigenvalue weighted by atomic mass is 16.5. The molecule has 0 amide bonds. The highest BCUT2D eigenvalue weighted by Crippen LogP contribution is 2.32. The van der Waals surface area contributed by atoms with Crippen LogP contribution in [-0.4, -0.2) is 25.3 Å². The third-order valence-corrected chi connectivity index (χ3v) is 4.41. The number of ether oxygens (including phenoxy) is 1. The third kappa shape index (κ3) is 3.16. The van der Waals surface area contributed by atoms with Gasteiger partial charge in [0.05, 0.1) is 11.6 Å². The first-order valence-electron chi connectivity index (χ1n) is 7.27. The first-order valence-corrected chi connectivity index (χ1v) is 7.27. The molecular formula is C16H26N2O. The van der Waals surface area contributed by atoms with Crippen molar-refractivity contribution in [3.05, 3.63) is 35.9 Å². The van der Waals surface area contributed by atoms with Gasteiger partial charge in [0.2, 0.25) is 0 Å². The van der Waals surface area contributed by atoms with Gasteiger partial charge in [-0.2, -0.15) is 0 Å². The lowest BCUT2D eigenvalue weighted by molar-refractivity contribution is -0.0131. The highest BCUT2D eigenvalue weighted by Gasteiger charge is 2.40. The van der Waals surface area contributed by atoms with Crippen molar-refractivity contribution in [3.63, 3.8) is 0 Å². The maximum Gasteiger partial charge on any atom is 0.0765 e. The Kier molecular flexibility index (Phi) is 4.97. The van der Waals surface area contributed by atoms with E-state index >= 15 is 0 Å². The molecule has 0 heterocycles. The zero-order chi connectivity index (χ0) is 13.7. The predicted octanol–water partition coefficient (Wildman–Crippen LogP) is 2.62. The zero-order valence-electron chi connectivity index (χ0n) is 12.1. The molecule has 3 unspecified atom stereocenters. The summed E-state index contributed by atoms with van der Waals surface area (Å²) in [4.78, 5) is 0. The summed E-state index contributed by atoms with van der Waals surface area (Å²) >= 11 is 0. The van der Waals surface area contributed by atoms with Crippen molar-refractivity contribution >= 4 is 0 Å². The van der Waals surface area contributed by atoms with Gasteiger partial charge in [0.1, 0.15) is 0 Å². The molecule has 19 heavy (non-hydrogen) atoms. The average Bonchev–Trinajstić information content (AvgIpc) is 2.48. The molecule has 1 saturated carbocycles. The third-order valence-electron chi connectivity index (χ3n) is 4.41. The Bertz CT molecular complexity index is 382. The summed E-state index contributed by atoms with van der Waals surface area (Å²) in [5, 5.41) is 3.75. The summed E-state index contributed by atoms with van der Waals surface area (Å²) in [7, 11) is 1.80. The van der Waals surface area contributed by atoms with Gasteiger partial charge in [0.25, 0.3) is 0 Å². The second-order valence-electron chi connectivity index (χ2n) is 5.61. The van der Waals surface area contributed by atoms with Crippen molar-refractivity contribution in [2.75, 3.05) is 13.7 Å². The van der Waals surface area contributed by atoms with Gasteiger partial charge in [-0.3, -0.25) is 0 Å². The van der Waals surface area contributed by atoms with E-state index in [2.05, 4.69) is 36.5 Å². The second-order valence-corrected chi connectivity index (χ2v) is 5.61. The molecule has 0 spiro atoms. The number of nitrogens with one attached hydrogen (secondary N) is 1. The van der Waals surface area contributed by atoms with E-state index in [-0.39, 0.29) is 11.6 Å². The van der Waals surface area contributed by atoms with Gasteiger partial charge in [-0.25, -0.2) is 0 Å². The van der Waals surface area contributed by atoms with Crippen molar-refractivity contribution < 1.29 is 4.74 Å². The van der Waals surface area contributed by atoms with E-state index in [4.69, 9.17) is 10.5 Å². The van der Waals surface area contributed by atoms with Crippen molar-refractivity contribution in [3.8, 4) is 0 Å². The standard InChI is InChI=1S/C16H26N2O/c1-13(14-8-4-3-5-9-14)18-16(12-17)11-7-6-10-15(16)19-2/h3-5,8-9,13,15,18H,6-7,10-12,17H2,1-2H3. The van der Waals surface area contributed by atoms with Crippen LogP contribution in [0.4, 0.5) is 0 Å². The summed E-state index contributed by atoms with van der Waals surface area (Å²) in [5.74, 6) is 0. The Balaban J connectivity index is 2.13. The molecule has 3 nitrogen and oxygen atoms in total. The Labute approximate surface area is 116 Å². The molecule has 106 valence electrons. The van der Waals surface area contributed by atoms with Crippen molar-refractivity contribution in [2.45, 2.75) is 50.3 Å². The van der Waals surface area contributed by atoms with Gasteiger partial charge < -0.3 is 15.8 Å². The van der Waals surface area contributed by atoms with Gasteiger partial charge in [-0.15, -0.1) is 0 Å². The molecule has 1 aromatic rings. The van der Waals surface area contributed by atoms with Gasteiger partial charge in [0.15, 0.2) is 0 Å². The maximum atomic E-state index is 6.09. The molecule has 3 N–H and O–H groups in total. The van der Waals surface area contributed by atoms with Crippen LogP contribution in [0.25, 0.3) is 0 Å². The molecule has 1 aliphatic carbocycles. The summed E-state index contributed by atoms with van der Waals surface area (Å²) in [6, 6.07) is 10.8. The van der Waals surface area contributed by atoms with Crippen molar-refractivity contribution in [2.24, 2.45) is 5.73 Å². The minimum absolute atomic E-state index is 0.0811. The van der Waals surface area contributed by atoms with E-state index in [0.717, 1.165) is 12.8 Å². The van der Waals surface area contributed by atoms with Crippen LogP contribution < -0.4 is 11.1 Å². The Hall–Kier alpha value is -0.900. The maximum absolute atomic E-state index is 6.09. The van der Waals surface area contributed by atoms with E-state index in [1.807, 2.05) is 6.07 Å². The molecule has 0 aliphatic heterocycles. The van der Waals surface area contributed by atoms with Crippen LogP contribution >= 0.6 is 0 Å². The van der Waals surface area contributed by atoms with Gasteiger partial charge in [-0.1, -0.05) is 43.2 Å². The van der Waals surface area contributed by atoms with Gasteiger partial charge >= 0.3 is 0 Å². The van der Waals surface area contributed by atoms with Crippen LogP contribution in [0.1, 0.15) is 44.2 Å². The zero-order valence-corrected chi connectivity index (χ0v) is 12.1. The van der Waals surface area contributed by atoms with E-state index in [1.54, 1.807) is 7.11 Å². The number of rotatable bonds is 5. The van der Waals surface area contributed by atoms with Crippen LogP contribution in [0.5, 0.6) is 0 Å². The van der Waals surface area contributed by atoms with Gasteiger partial charge in [0, 0.05) is 19.7 Å². The minimum Gasteiger partial charge on any atom is -0.379 e. The number of hydrogen-bond acceptors (Lipinski definition) is 3. The molecule has 1 aromatic carbocycles. The number of nitrogens with two attached hydrogens (primary N) is 1. The van der Waals surface area contributed by atoms with E-state index in [0.29, 0.717) is 12.6 Å². The minimum atomic E-state index is -0.0811. The summed E-state index contributed by atoms with van der Waals surface area (Å²) in [5.41, 5.74) is 7.31. The number of hydrogen-bond donors (Lipinski definition) is 2. The molecule has 0 saturated heterocycles. The lowest BCUT2D eigenvalue weighted by Gasteiger charge is -2.45. The Morgan fingerprint density at radius 2 is 2.11 bits per heavy atom. The predicted molar refractivity (Wildman–Crippen MR) is 79.0 cm³/mol. The Morgan fingerprint density at radius 1 is 1.37 bits per heavy atom. The summed E-state index contributed by atoms with van der Waals surface area (Å²) in [6.45, 7) is 2.83. The molecule has 3 atom stereocenters. The first kappa shape index (κ1) is 14.5. The fourth-order valence-corrected chi connectivity index (χ4v) is 3.26. The van der Waals surface area contributed by atoms with Crippen molar-refractivity contribution in [1.82, 2.24) is 5.32 Å². The molecule has 3 heteroatoms. The van der Waals surface area contributed by atoms with Crippen LogP contribution in [0.3, 0.4) is 0 Å². The number of benzene rings is 1. The molecule has 0 radical (unpaired) electrons. The van der Waals surface area contributed by atoms with E-state index in [1.165, 1.54) is 18.4 Å². The number of methoxy groups -OCH3 is 1. The molecule has 1 aliphatic rings. The van der Waals surface area contributed by atoms with Crippen LogP contribution in [0.2, 0.25) is 0 Å². The summed E-state index contributed by atoms with van der Waals surface area (Å²) < 4.78 is 5.69. The highest BCUT2D eigenvalue weighted by molar-refractivity contribution is 5.19. The molecule has 1 fully saturated rings. The van der Waals surface area contributed by atoms with Crippen LogP contribution in [-0.2, 0) is 4.74 Å². The van der Waals surface area contributed by atoms with Crippen molar-refractivity contribution in [1.29, 1.82) is 0 Å². The molecular weight excluding hydrogens is 236 g/mol. The fourth-order valence-electron chi connectivity index (χ4n) is 3.26. The lowest BCUT2D eigenvalue weighted by atomic mass is 9.78. The lowest BCUT2D eigenvalue weighted by Crippen LogP contribution is -2.61. The van der Waals surface area contributed by atoms with Gasteiger partial charge in [-0.05, 0) is 25.3 Å². The second kappa shape index (κ2) is 6.51. The quantitative estimate of drug-likeness (QED) is 0.857. The van der Waals surface area contributed by atoms with Crippen LogP contribution in [0.15, 0.2) is 30.3 Å². The van der Waals surface area contributed by atoms with E-state index < -0.39 is 0 Å². The molecule has 0 aromatic heterocycles. The molecule has 2 rings (SSSR count). The van der Waals surface area contributed by atoms with Crippen LogP contribution in [0, 0.1) is 0 Å². The largest absolute Gasteiger partial charge is 0.379 e. The average molecular weight is 262 g/mol. The summed E-state index contributed by atoms with van der Waals surface area (Å²) in [6.07, 6.45) is 4.88. The first-order chi connectivity index (χ1) is 9.22. The van der Waals surface area contributed by atoms with E-state index in [9.17, 15) is 0 Å². The Morgan fingerprint density at radius 3 is 2.74 bits per heavy atom. The fraction of sp³-hybridized carbons (Fsp3) is 0.625. The SMILES string of the molecule is COC1CCCCC1(CN)NC(C)c1ccccc1. The topological polar surface area (TPSA) is 47.3 Å². The normalized spacial score (nSPS) is 29.1.